The van der Waals surface area contributed by atoms with Gasteiger partial charge in [-0.1, -0.05) is 0 Å². The largest absolute Gasteiger partial charge is 0.357 e. The number of rotatable bonds is 4. The number of guanidine groups is 1. The molecule has 0 spiro atoms. The zero-order valence-corrected chi connectivity index (χ0v) is 14.5. The molecule has 0 bridgehead atoms. The zero-order chi connectivity index (χ0) is 15.3. The molecule has 0 unspecified atom stereocenters. The second kappa shape index (κ2) is 7.27. The number of hydrogen-bond acceptors (Lipinski definition) is 3. The molecule has 0 radical (unpaired) electrons. The minimum Gasteiger partial charge on any atom is -0.357 e. The summed E-state index contributed by atoms with van der Waals surface area (Å²) in [6.07, 6.45) is 1.19. The predicted octanol–water partition coefficient (Wildman–Crippen LogP) is 2.46. The van der Waals surface area contributed by atoms with Crippen LogP contribution in [-0.2, 0) is 13.0 Å². The van der Waals surface area contributed by atoms with Gasteiger partial charge in [0, 0.05) is 36.6 Å². The molecular weight excluding hydrogens is 280 g/mol. The Labute approximate surface area is 132 Å². The van der Waals surface area contributed by atoms with Crippen LogP contribution < -0.4 is 10.6 Å². The molecule has 1 aliphatic heterocycles. The molecule has 1 aliphatic rings. The molecule has 2 N–H and O–H groups in total. The van der Waals surface area contributed by atoms with Crippen molar-refractivity contribution in [2.45, 2.75) is 46.2 Å². The molecule has 2 rings (SSSR count). The lowest BCUT2D eigenvalue weighted by Crippen LogP contribution is -2.47. The average Bonchev–Trinajstić information content (AvgIpc) is 2.84. The van der Waals surface area contributed by atoms with Gasteiger partial charge in [0.1, 0.15) is 0 Å². The molecule has 1 aromatic rings. The van der Waals surface area contributed by atoms with Gasteiger partial charge in [-0.3, -0.25) is 9.89 Å². The fraction of sp³-hybridized carbons (Fsp3) is 0.688. The second-order valence-electron chi connectivity index (χ2n) is 6.53. The zero-order valence-electron chi connectivity index (χ0n) is 13.7. The fourth-order valence-electron chi connectivity index (χ4n) is 2.46. The minimum absolute atomic E-state index is 0.0394. The van der Waals surface area contributed by atoms with Gasteiger partial charge >= 0.3 is 0 Å². The van der Waals surface area contributed by atoms with Gasteiger partial charge in [0.15, 0.2) is 5.96 Å². The first-order valence-electron chi connectivity index (χ1n) is 7.82. The Hall–Kier alpha value is -1.07. The maximum absolute atomic E-state index is 4.69. The van der Waals surface area contributed by atoms with E-state index in [0.29, 0.717) is 0 Å². The average molecular weight is 308 g/mol. The molecule has 0 saturated heterocycles. The van der Waals surface area contributed by atoms with E-state index in [1.807, 2.05) is 11.3 Å². The highest BCUT2D eigenvalue weighted by Crippen LogP contribution is 2.23. The van der Waals surface area contributed by atoms with Crippen LogP contribution in [0.3, 0.4) is 0 Å². The Balaban J connectivity index is 1.82. The van der Waals surface area contributed by atoms with E-state index in [0.717, 1.165) is 38.7 Å². The first-order valence-corrected chi connectivity index (χ1v) is 8.70. The highest BCUT2D eigenvalue weighted by Gasteiger charge is 2.16. The van der Waals surface area contributed by atoms with Crippen LogP contribution in [0.25, 0.3) is 0 Å². The van der Waals surface area contributed by atoms with E-state index in [9.17, 15) is 0 Å². The van der Waals surface area contributed by atoms with Crippen molar-refractivity contribution in [2.24, 2.45) is 4.99 Å². The highest BCUT2D eigenvalue weighted by atomic mass is 32.1. The minimum atomic E-state index is 0.0394. The Morgan fingerprint density at radius 3 is 2.95 bits per heavy atom. The lowest BCUT2D eigenvalue weighted by atomic mass is 10.1. The Kier molecular flexibility index (Phi) is 5.65. The van der Waals surface area contributed by atoms with Gasteiger partial charge in [0.2, 0.25) is 0 Å². The van der Waals surface area contributed by atoms with Crippen LogP contribution in [0.1, 0.15) is 38.1 Å². The second-order valence-corrected chi connectivity index (χ2v) is 7.53. The molecule has 0 saturated carbocycles. The van der Waals surface area contributed by atoms with E-state index in [2.05, 4.69) is 54.7 Å². The van der Waals surface area contributed by atoms with Crippen LogP contribution in [0.4, 0.5) is 0 Å². The number of aliphatic imine (C=N–C) groups is 1. The van der Waals surface area contributed by atoms with Crippen LogP contribution in [0.15, 0.2) is 16.4 Å². The Morgan fingerprint density at radius 2 is 2.24 bits per heavy atom. The molecule has 2 heterocycles. The van der Waals surface area contributed by atoms with Crippen molar-refractivity contribution in [1.29, 1.82) is 0 Å². The summed E-state index contributed by atoms with van der Waals surface area (Å²) in [5, 5.41) is 8.95. The van der Waals surface area contributed by atoms with Crippen LogP contribution >= 0.6 is 11.3 Å². The third-order valence-electron chi connectivity index (χ3n) is 3.41. The lowest BCUT2D eigenvalue weighted by molar-refractivity contribution is 0.263. The first kappa shape index (κ1) is 16.3. The summed E-state index contributed by atoms with van der Waals surface area (Å²) in [7, 11) is 0. The summed E-state index contributed by atoms with van der Waals surface area (Å²) < 4.78 is 0. The molecule has 1 aromatic heterocycles. The van der Waals surface area contributed by atoms with E-state index in [-0.39, 0.29) is 5.54 Å². The van der Waals surface area contributed by atoms with E-state index >= 15 is 0 Å². The SMILES string of the molecule is CCNC(=NCCN1CCc2sccc2C1)NC(C)(C)C. The molecule has 21 heavy (non-hydrogen) atoms. The van der Waals surface area contributed by atoms with Gasteiger partial charge in [-0.15, -0.1) is 11.3 Å². The van der Waals surface area contributed by atoms with Crippen molar-refractivity contribution in [1.82, 2.24) is 15.5 Å². The van der Waals surface area contributed by atoms with Crippen LogP contribution in [-0.4, -0.2) is 42.6 Å². The maximum Gasteiger partial charge on any atom is 0.191 e. The normalized spacial score (nSPS) is 16.7. The third kappa shape index (κ3) is 5.32. The Bertz CT molecular complexity index is 473. The van der Waals surface area contributed by atoms with E-state index < -0.39 is 0 Å². The van der Waals surface area contributed by atoms with E-state index in [1.165, 1.54) is 12.0 Å². The summed E-state index contributed by atoms with van der Waals surface area (Å²) in [4.78, 5) is 8.76. The van der Waals surface area contributed by atoms with Crippen LogP contribution in [0.2, 0.25) is 0 Å². The summed E-state index contributed by atoms with van der Waals surface area (Å²) in [6.45, 7) is 13.6. The highest BCUT2D eigenvalue weighted by molar-refractivity contribution is 7.10. The van der Waals surface area contributed by atoms with Gasteiger partial charge < -0.3 is 10.6 Å². The summed E-state index contributed by atoms with van der Waals surface area (Å²) in [5.74, 6) is 0.915. The van der Waals surface area contributed by atoms with Gasteiger partial charge in [-0.05, 0) is 51.1 Å². The first-order chi connectivity index (χ1) is 9.98. The van der Waals surface area contributed by atoms with Crippen molar-refractivity contribution in [3.63, 3.8) is 0 Å². The molecule has 0 amide bonds. The lowest BCUT2D eigenvalue weighted by Gasteiger charge is -2.27. The summed E-state index contributed by atoms with van der Waals surface area (Å²) in [6, 6.07) is 2.26. The predicted molar refractivity (Wildman–Crippen MR) is 92.2 cm³/mol. The molecule has 4 nitrogen and oxygen atoms in total. The number of nitrogens with one attached hydrogen (secondary N) is 2. The van der Waals surface area contributed by atoms with Crippen molar-refractivity contribution >= 4 is 17.3 Å². The standard InChI is InChI=1S/C16H28N4S/c1-5-17-15(19-16(2,3)4)18-8-10-20-9-6-14-13(12-20)7-11-21-14/h7,11H,5-6,8-10,12H2,1-4H3,(H2,17,18,19). The van der Waals surface area contributed by atoms with Crippen molar-refractivity contribution < 1.29 is 0 Å². The van der Waals surface area contributed by atoms with Gasteiger partial charge in [-0.2, -0.15) is 0 Å². The molecule has 0 aliphatic carbocycles. The Morgan fingerprint density at radius 1 is 1.43 bits per heavy atom. The van der Waals surface area contributed by atoms with Crippen LogP contribution in [0, 0.1) is 0 Å². The van der Waals surface area contributed by atoms with Gasteiger partial charge in [0.05, 0.1) is 6.54 Å². The number of thiophene rings is 1. The fourth-order valence-corrected chi connectivity index (χ4v) is 3.35. The number of nitrogens with zero attached hydrogens (tertiary/aromatic N) is 2. The number of fused-ring (bicyclic) bond motifs is 1. The van der Waals surface area contributed by atoms with E-state index in [1.54, 1.807) is 4.88 Å². The molecule has 0 atom stereocenters. The van der Waals surface area contributed by atoms with Gasteiger partial charge in [0.25, 0.3) is 0 Å². The van der Waals surface area contributed by atoms with E-state index in [4.69, 9.17) is 4.99 Å². The topological polar surface area (TPSA) is 39.7 Å². The number of hydrogen-bond donors (Lipinski definition) is 2. The monoisotopic (exact) mass is 308 g/mol. The molecule has 118 valence electrons. The smallest absolute Gasteiger partial charge is 0.191 e. The maximum atomic E-state index is 4.69. The van der Waals surface area contributed by atoms with Crippen molar-refractivity contribution in [3.05, 3.63) is 21.9 Å². The van der Waals surface area contributed by atoms with Crippen molar-refractivity contribution in [2.75, 3.05) is 26.2 Å². The summed E-state index contributed by atoms with van der Waals surface area (Å²) >= 11 is 1.89. The molecule has 5 heteroatoms. The van der Waals surface area contributed by atoms with Crippen LogP contribution in [0.5, 0.6) is 0 Å². The molecular formula is C16H28N4S. The van der Waals surface area contributed by atoms with Crippen molar-refractivity contribution in [3.8, 4) is 0 Å². The summed E-state index contributed by atoms with van der Waals surface area (Å²) in [5.41, 5.74) is 1.55. The quantitative estimate of drug-likeness (QED) is 0.663. The van der Waals surface area contributed by atoms with Gasteiger partial charge in [-0.25, -0.2) is 0 Å². The molecule has 0 aromatic carbocycles. The third-order valence-corrected chi connectivity index (χ3v) is 4.43. The molecule has 0 fully saturated rings.